The molecule has 0 spiro atoms. The van der Waals surface area contributed by atoms with Gasteiger partial charge < -0.3 is 23.8 Å². The molecule has 9 nitrogen and oxygen atoms in total. The lowest BCUT2D eigenvalue weighted by molar-refractivity contribution is -0.145. The number of carbonyl (C=O) groups excluding carboxylic acids is 3. The van der Waals surface area contributed by atoms with Crippen LogP contribution in [0.3, 0.4) is 0 Å². The Morgan fingerprint density at radius 2 is 0.758 bits per heavy atom. The van der Waals surface area contributed by atoms with Crippen LogP contribution in [0.5, 0.6) is 0 Å². The maximum atomic E-state index is 12.9. The standard InChI is InChI=1S/C53H104N2O7/c1-7-13-17-21-23-28-34-40-51(56)59-46-44-55(43-42-54(11-5)12-6)45-47-60-53(58)62-50(38-32-20-16-10-4)39-33-27-24-25-29-35-41-52(57)61-48-49(36-30-19-15-9-3)37-31-26-22-18-14-8-2/h49-50H,7-48H2,1-6H3. The van der Waals surface area contributed by atoms with Crippen LogP contribution >= 0.6 is 0 Å². The number of carbonyl (C=O) groups is 3. The maximum Gasteiger partial charge on any atom is 0.508 e. The molecule has 0 aromatic heterocycles. The number of esters is 2. The van der Waals surface area contributed by atoms with Gasteiger partial charge in [-0.15, -0.1) is 0 Å². The number of rotatable bonds is 48. The molecule has 0 bridgehead atoms. The maximum absolute atomic E-state index is 12.9. The van der Waals surface area contributed by atoms with E-state index in [1.165, 1.54) is 122 Å². The summed E-state index contributed by atoms with van der Waals surface area (Å²) in [5, 5.41) is 0. The van der Waals surface area contributed by atoms with E-state index >= 15 is 0 Å². The van der Waals surface area contributed by atoms with Gasteiger partial charge in [-0.05, 0) is 70.4 Å². The zero-order valence-electron chi connectivity index (χ0n) is 42.1. The van der Waals surface area contributed by atoms with Crippen LogP contribution in [0.1, 0.15) is 253 Å². The molecule has 9 heteroatoms. The van der Waals surface area contributed by atoms with Crippen molar-refractivity contribution in [1.82, 2.24) is 9.80 Å². The topological polar surface area (TPSA) is 94.6 Å². The van der Waals surface area contributed by atoms with Crippen LogP contribution in [0.25, 0.3) is 0 Å². The molecule has 0 aliphatic heterocycles. The van der Waals surface area contributed by atoms with Crippen LogP contribution in [0.4, 0.5) is 4.79 Å². The fourth-order valence-electron chi connectivity index (χ4n) is 8.25. The summed E-state index contributed by atoms with van der Waals surface area (Å²) in [6.45, 7) is 19.4. The predicted octanol–water partition coefficient (Wildman–Crippen LogP) is 14.8. The van der Waals surface area contributed by atoms with Gasteiger partial charge in [-0.1, -0.05) is 189 Å². The largest absolute Gasteiger partial charge is 0.508 e. The van der Waals surface area contributed by atoms with Crippen LogP contribution < -0.4 is 0 Å². The Morgan fingerprint density at radius 3 is 1.23 bits per heavy atom. The second-order valence-electron chi connectivity index (χ2n) is 18.3. The zero-order chi connectivity index (χ0) is 45.6. The predicted molar refractivity (Wildman–Crippen MR) is 261 cm³/mol. The Kier molecular flexibility index (Phi) is 45.7. The Bertz CT molecular complexity index is 978. The average molecular weight is 881 g/mol. The van der Waals surface area contributed by atoms with Gasteiger partial charge in [-0.2, -0.15) is 0 Å². The molecule has 0 saturated carbocycles. The van der Waals surface area contributed by atoms with Crippen molar-refractivity contribution in [3.63, 3.8) is 0 Å². The van der Waals surface area contributed by atoms with Gasteiger partial charge >= 0.3 is 18.1 Å². The summed E-state index contributed by atoms with van der Waals surface area (Å²) in [6.07, 6.45) is 36.5. The number of likely N-dealkylation sites (N-methyl/N-ethyl adjacent to an activating group) is 1. The lowest BCUT2D eigenvalue weighted by Gasteiger charge is -2.26. The molecular formula is C53H104N2O7. The third kappa shape index (κ3) is 40.9. The fourth-order valence-corrected chi connectivity index (χ4v) is 8.25. The first-order chi connectivity index (χ1) is 30.3. The van der Waals surface area contributed by atoms with Gasteiger partial charge in [0.15, 0.2) is 0 Å². The van der Waals surface area contributed by atoms with E-state index in [0.717, 1.165) is 103 Å². The molecule has 0 aromatic rings. The van der Waals surface area contributed by atoms with Crippen molar-refractivity contribution in [3.05, 3.63) is 0 Å². The molecule has 0 heterocycles. The van der Waals surface area contributed by atoms with Crippen molar-refractivity contribution in [2.75, 3.05) is 59.1 Å². The highest BCUT2D eigenvalue weighted by Crippen LogP contribution is 2.21. The summed E-state index contributed by atoms with van der Waals surface area (Å²) in [5.41, 5.74) is 0. The Labute approximate surface area is 384 Å². The van der Waals surface area contributed by atoms with E-state index in [9.17, 15) is 14.4 Å². The summed E-state index contributed by atoms with van der Waals surface area (Å²) < 4.78 is 23.0. The highest BCUT2D eigenvalue weighted by atomic mass is 16.7. The van der Waals surface area contributed by atoms with Crippen LogP contribution in [0, 0.1) is 5.92 Å². The van der Waals surface area contributed by atoms with Crippen molar-refractivity contribution in [2.45, 2.75) is 260 Å². The van der Waals surface area contributed by atoms with Crippen LogP contribution in [0.15, 0.2) is 0 Å². The average Bonchev–Trinajstić information content (AvgIpc) is 3.27. The second-order valence-corrected chi connectivity index (χ2v) is 18.3. The number of hydrogen-bond donors (Lipinski definition) is 0. The Hall–Kier alpha value is -1.87. The minimum Gasteiger partial charge on any atom is -0.465 e. The van der Waals surface area contributed by atoms with E-state index in [1.54, 1.807) is 0 Å². The van der Waals surface area contributed by atoms with Crippen molar-refractivity contribution >= 4 is 18.1 Å². The number of unbranched alkanes of at least 4 members (excludes halogenated alkanes) is 22. The van der Waals surface area contributed by atoms with E-state index < -0.39 is 6.16 Å². The van der Waals surface area contributed by atoms with Gasteiger partial charge in [-0.25, -0.2) is 4.79 Å². The number of ether oxygens (including phenoxy) is 4. The molecule has 0 N–H and O–H groups in total. The van der Waals surface area contributed by atoms with Crippen molar-refractivity contribution in [2.24, 2.45) is 5.92 Å². The molecule has 0 saturated heterocycles. The smallest absolute Gasteiger partial charge is 0.465 e. The van der Waals surface area contributed by atoms with Crippen molar-refractivity contribution < 1.29 is 33.3 Å². The highest BCUT2D eigenvalue weighted by Gasteiger charge is 2.17. The molecular weight excluding hydrogens is 777 g/mol. The molecule has 0 fully saturated rings. The van der Waals surface area contributed by atoms with Crippen molar-refractivity contribution in [1.29, 1.82) is 0 Å². The Morgan fingerprint density at radius 1 is 0.387 bits per heavy atom. The lowest BCUT2D eigenvalue weighted by atomic mass is 9.95. The molecule has 0 aliphatic carbocycles. The molecule has 0 aliphatic rings. The monoisotopic (exact) mass is 881 g/mol. The molecule has 0 rings (SSSR count). The first-order valence-electron chi connectivity index (χ1n) is 26.9. The zero-order valence-corrected chi connectivity index (χ0v) is 42.1. The van der Waals surface area contributed by atoms with Gasteiger partial charge in [0, 0.05) is 39.0 Å². The molecule has 0 aromatic carbocycles. The van der Waals surface area contributed by atoms with Gasteiger partial charge in [-0.3, -0.25) is 14.5 Å². The fraction of sp³-hybridized carbons (Fsp3) is 0.943. The first kappa shape index (κ1) is 60.1. The molecule has 0 radical (unpaired) electrons. The van der Waals surface area contributed by atoms with Crippen LogP contribution in [0.2, 0.25) is 0 Å². The summed E-state index contributed by atoms with van der Waals surface area (Å²) >= 11 is 0. The SMILES string of the molecule is CCCCCCCCCC(=O)OCCN(CCOC(=O)OC(CCCCCC)CCCCCCCCC(=O)OCC(CCCCCC)CCCCCCCC)CCN(CC)CC. The lowest BCUT2D eigenvalue weighted by Crippen LogP contribution is -2.39. The van der Waals surface area contributed by atoms with E-state index in [1.807, 2.05) is 0 Å². The summed E-state index contributed by atoms with van der Waals surface area (Å²) in [5.74, 6) is 0.373. The van der Waals surface area contributed by atoms with Gasteiger partial charge in [0.2, 0.25) is 0 Å². The minimum absolute atomic E-state index is 0.0244. The first-order valence-corrected chi connectivity index (χ1v) is 26.9. The second kappa shape index (κ2) is 47.1. The van der Waals surface area contributed by atoms with E-state index in [-0.39, 0.29) is 24.6 Å². The molecule has 2 atom stereocenters. The van der Waals surface area contributed by atoms with E-state index in [0.29, 0.717) is 45.1 Å². The molecule has 62 heavy (non-hydrogen) atoms. The molecule has 2 unspecified atom stereocenters. The van der Waals surface area contributed by atoms with Gasteiger partial charge in [0.05, 0.1) is 6.61 Å². The number of nitrogens with zero attached hydrogens (tertiary/aromatic N) is 2. The summed E-state index contributed by atoms with van der Waals surface area (Å²) in [4.78, 5) is 42.5. The van der Waals surface area contributed by atoms with Gasteiger partial charge in [0.25, 0.3) is 0 Å². The van der Waals surface area contributed by atoms with Crippen molar-refractivity contribution in [3.8, 4) is 0 Å². The third-order valence-electron chi connectivity index (χ3n) is 12.6. The number of hydrogen-bond acceptors (Lipinski definition) is 9. The van der Waals surface area contributed by atoms with Crippen LogP contribution in [-0.2, 0) is 28.5 Å². The quantitative estimate of drug-likeness (QED) is 0.0336. The van der Waals surface area contributed by atoms with Crippen LogP contribution in [-0.4, -0.2) is 93.1 Å². The molecule has 368 valence electrons. The van der Waals surface area contributed by atoms with Gasteiger partial charge in [0.1, 0.15) is 19.3 Å². The summed E-state index contributed by atoms with van der Waals surface area (Å²) in [6, 6.07) is 0. The minimum atomic E-state index is -0.576. The highest BCUT2D eigenvalue weighted by molar-refractivity contribution is 5.69. The normalized spacial score (nSPS) is 12.5. The Balaban J connectivity index is 4.61. The molecule has 0 amide bonds. The summed E-state index contributed by atoms with van der Waals surface area (Å²) in [7, 11) is 0. The van der Waals surface area contributed by atoms with E-state index in [4.69, 9.17) is 18.9 Å². The third-order valence-corrected chi connectivity index (χ3v) is 12.6. The van der Waals surface area contributed by atoms with E-state index in [2.05, 4.69) is 51.3 Å².